The Labute approximate surface area is 133 Å². The number of aliphatic carboxylic acids is 1. The molecule has 0 heterocycles. The van der Waals surface area contributed by atoms with Gasteiger partial charge in [0, 0.05) is 6.92 Å². The second-order valence-corrected chi connectivity index (χ2v) is 6.17. The van der Waals surface area contributed by atoms with Crippen LogP contribution in [0, 0.1) is 0 Å². The summed E-state index contributed by atoms with van der Waals surface area (Å²) in [7, 11) is 0. The van der Waals surface area contributed by atoms with E-state index in [4.69, 9.17) is 9.90 Å². The number of quaternary nitrogens is 1. The Balaban J connectivity index is 0. The fourth-order valence-corrected chi connectivity index (χ4v) is 2.64. The average Bonchev–Trinajstić information content (AvgIpc) is 2.45. The van der Waals surface area contributed by atoms with Crippen molar-refractivity contribution >= 4 is 5.97 Å². The highest BCUT2D eigenvalue weighted by Gasteiger charge is 2.24. The molecule has 0 aromatic heterocycles. The van der Waals surface area contributed by atoms with Crippen LogP contribution in [-0.2, 0) is 4.79 Å². The number of hydrogen-bond donors (Lipinski definition) is 1. The number of unbranched alkanes of at least 4 members (excludes halogenated alkanes) is 4. The van der Waals surface area contributed by atoms with Crippen LogP contribution >= 0.6 is 0 Å². The fourth-order valence-electron chi connectivity index (χ4n) is 2.64. The van der Waals surface area contributed by atoms with Gasteiger partial charge in [0.15, 0.2) is 0 Å². The standard InChI is InChI=1S/C16H36N.C2H4O2/c1-5-9-13-17(14-10-6-2,15-11-7-3)16-12-8-4;1-2(3)4/h5-16H2,1-4H3;1H3,(H,3,4)/q+1;. The topological polar surface area (TPSA) is 37.3 Å². The molecule has 0 atom stereocenters. The summed E-state index contributed by atoms with van der Waals surface area (Å²) in [6.45, 7) is 16.1. The zero-order valence-electron chi connectivity index (χ0n) is 15.3. The van der Waals surface area contributed by atoms with E-state index in [1.165, 1.54) is 82.0 Å². The molecule has 0 radical (unpaired) electrons. The molecule has 0 fully saturated rings. The zero-order valence-corrected chi connectivity index (χ0v) is 15.3. The van der Waals surface area contributed by atoms with Crippen LogP contribution in [0.2, 0.25) is 0 Å². The van der Waals surface area contributed by atoms with Gasteiger partial charge < -0.3 is 9.59 Å². The maximum absolute atomic E-state index is 9.00. The van der Waals surface area contributed by atoms with Gasteiger partial charge in [-0.15, -0.1) is 0 Å². The first-order valence-electron chi connectivity index (χ1n) is 9.02. The molecule has 0 spiro atoms. The van der Waals surface area contributed by atoms with Gasteiger partial charge in [0.05, 0.1) is 26.2 Å². The molecule has 1 N–H and O–H groups in total. The van der Waals surface area contributed by atoms with Crippen molar-refractivity contribution in [1.82, 2.24) is 0 Å². The van der Waals surface area contributed by atoms with Crippen LogP contribution in [0.3, 0.4) is 0 Å². The molecule has 0 saturated heterocycles. The summed E-state index contributed by atoms with van der Waals surface area (Å²) in [6, 6.07) is 0. The first-order valence-corrected chi connectivity index (χ1v) is 9.02. The van der Waals surface area contributed by atoms with Crippen molar-refractivity contribution in [3.8, 4) is 0 Å². The summed E-state index contributed by atoms with van der Waals surface area (Å²) < 4.78 is 1.42. The van der Waals surface area contributed by atoms with Crippen LogP contribution in [-0.4, -0.2) is 41.7 Å². The van der Waals surface area contributed by atoms with E-state index in [0.29, 0.717) is 0 Å². The van der Waals surface area contributed by atoms with Crippen molar-refractivity contribution in [2.75, 3.05) is 26.2 Å². The molecule has 0 unspecified atom stereocenters. The van der Waals surface area contributed by atoms with E-state index >= 15 is 0 Å². The summed E-state index contributed by atoms with van der Waals surface area (Å²) in [5.41, 5.74) is 0. The Bertz CT molecular complexity index is 188. The maximum atomic E-state index is 9.00. The predicted molar refractivity (Wildman–Crippen MR) is 92.7 cm³/mol. The number of carbonyl (C=O) groups is 1. The molecule has 0 aromatic carbocycles. The van der Waals surface area contributed by atoms with E-state index in [1.807, 2.05) is 0 Å². The van der Waals surface area contributed by atoms with Crippen LogP contribution in [0.15, 0.2) is 0 Å². The van der Waals surface area contributed by atoms with E-state index in [9.17, 15) is 0 Å². The normalized spacial score (nSPS) is 10.9. The van der Waals surface area contributed by atoms with Gasteiger partial charge in [-0.2, -0.15) is 0 Å². The van der Waals surface area contributed by atoms with Crippen molar-refractivity contribution in [3.05, 3.63) is 0 Å². The molecule has 21 heavy (non-hydrogen) atoms. The Morgan fingerprint density at radius 2 is 0.905 bits per heavy atom. The number of hydrogen-bond acceptors (Lipinski definition) is 1. The molecule has 3 nitrogen and oxygen atoms in total. The summed E-state index contributed by atoms with van der Waals surface area (Å²) in [6.07, 6.45) is 11.1. The molecule has 0 bridgehead atoms. The van der Waals surface area contributed by atoms with Crippen LogP contribution in [0.25, 0.3) is 0 Å². The summed E-state index contributed by atoms with van der Waals surface area (Å²) in [5.74, 6) is -0.833. The monoisotopic (exact) mass is 302 g/mol. The van der Waals surface area contributed by atoms with Gasteiger partial charge in [-0.25, -0.2) is 0 Å². The lowest BCUT2D eigenvalue weighted by atomic mass is 10.1. The summed E-state index contributed by atoms with van der Waals surface area (Å²) >= 11 is 0. The van der Waals surface area contributed by atoms with Crippen molar-refractivity contribution < 1.29 is 14.4 Å². The summed E-state index contributed by atoms with van der Waals surface area (Å²) in [4.78, 5) is 9.00. The van der Waals surface area contributed by atoms with Gasteiger partial charge in [0.2, 0.25) is 0 Å². The highest BCUT2D eigenvalue weighted by molar-refractivity contribution is 5.62. The van der Waals surface area contributed by atoms with Crippen molar-refractivity contribution in [2.45, 2.75) is 86.0 Å². The van der Waals surface area contributed by atoms with Crippen molar-refractivity contribution in [3.63, 3.8) is 0 Å². The largest absolute Gasteiger partial charge is 0.481 e. The van der Waals surface area contributed by atoms with Gasteiger partial charge in [-0.1, -0.05) is 53.4 Å². The first kappa shape index (κ1) is 22.7. The van der Waals surface area contributed by atoms with Crippen LogP contribution in [0.1, 0.15) is 86.0 Å². The van der Waals surface area contributed by atoms with Crippen LogP contribution in [0.5, 0.6) is 0 Å². The molecule has 0 aliphatic carbocycles. The summed E-state index contributed by atoms with van der Waals surface area (Å²) in [5, 5.41) is 7.42. The molecule has 0 saturated carbocycles. The number of carboxylic acids is 1. The Kier molecular flexibility index (Phi) is 17.1. The molecule has 3 heteroatoms. The Morgan fingerprint density at radius 3 is 1.05 bits per heavy atom. The van der Waals surface area contributed by atoms with E-state index in [-0.39, 0.29) is 0 Å². The fraction of sp³-hybridized carbons (Fsp3) is 0.944. The quantitative estimate of drug-likeness (QED) is 0.510. The highest BCUT2D eigenvalue weighted by atomic mass is 16.4. The minimum Gasteiger partial charge on any atom is -0.481 e. The van der Waals surface area contributed by atoms with Crippen molar-refractivity contribution in [2.24, 2.45) is 0 Å². The minimum absolute atomic E-state index is 0.833. The Hall–Kier alpha value is -0.570. The van der Waals surface area contributed by atoms with E-state index in [1.54, 1.807) is 0 Å². The third-order valence-electron chi connectivity index (χ3n) is 3.94. The highest BCUT2D eigenvalue weighted by Crippen LogP contribution is 2.16. The molecule has 0 aromatic rings. The Morgan fingerprint density at radius 1 is 0.714 bits per heavy atom. The lowest BCUT2D eigenvalue weighted by Crippen LogP contribution is -2.50. The molecule has 128 valence electrons. The smallest absolute Gasteiger partial charge is 0.300 e. The van der Waals surface area contributed by atoms with E-state index in [2.05, 4.69) is 27.7 Å². The molecular weight excluding hydrogens is 262 g/mol. The van der Waals surface area contributed by atoms with Crippen LogP contribution < -0.4 is 0 Å². The average molecular weight is 303 g/mol. The first-order chi connectivity index (χ1) is 9.97. The van der Waals surface area contributed by atoms with Crippen LogP contribution in [0.4, 0.5) is 0 Å². The van der Waals surface area contributed by atoms with Gasteiger partial charge >= 0.3 is 0 Å². The van der Waals surface area contributed by atoms with Gasteiger partial charge in [0.1, 0.15) is 0 Å². The van der Waals surface area contributed by atoms with Gasteiger partial charge in [-0.3, -0.25) is 4.79 Å². The van der Waals surface area contributed by atoms with Gasteiger partial charge in [-0.05, 0) is 25.7 Å². The molecular formula is C18H40NO2+. The lowest BCUT2D eigenvalue weighted by molar-refractivity contribution is -0.929. The second-order valence-electron chi connectivity index (χ2n) is 6.17. The molecule has 0 aliphatic rings. The third-order valence-corrected chi connectivity index (χ3v) is 3.94. The second kappa shape index (κ2) is 15.8. The lowest BCUT2D eigenvalue weighted by Gasteiger charge is -2.39. The maximum Gasteiger partial charge on any atom is 0.300 e. The van der Waals surface area contributed by atoms with Gasteiger partial charge in [0.25, 0.3) is 5.97 Å². The third kappa shape index (κ3) is 15.6. The van der Waals surface area contributed by atoms with E-state index in [0.717, 1.165) is 6.92 Å². The number of carboxylic acid groups (broad SMARTS) is 1. The molecule has 0 rings (SSSR count). The SMILES string of the molecule is CC(=O)O.CCCC[N+](CCCC)(CCCC)CCCC. The van der Waals surface area contributed by atoms with Crippen molar-refractivity contribution in [1.29, 1.82) is 0 Å². The minimum atomic E-state index is -0.833. The molecule has 0 amide bonds. The predicted octanol–water partition coefficient (Wildman–Crippen LogP) is 5.09. The number of rotatable bonds is 12. The zero-order chi connectivity index (χ0) is 16.6. The molecule has 0 aliphatic heterocycles. The number of nitrogens with zero attached hydrogens (tertiary/aromatic N) is 1. The van der Waals surface area contributed by atoms with E-state index < -0.39 is 5.97 Å².